The Labute approximate surface area is 126 Å². The minimum absolute atomic E-state index is 0.116. The van der Waals surface area contributed by atoms with Crippen LogP contribution < -0.4 is 10.1 Å². The van der Waals surface area contributed by atoms with Crippen molar-refractivity contribution in [2.75, 3.05) is 31.6 Å². The van der Waals surface area contributed by atoms with Crippen molar-refractivity contribution in [1.29, 1.82) is 0 Å². The lowest BCUT2D eigenvalue weighted by Gasteiger charge is -2.23. The highest BCUT2D eigenvalue weighted by molar-refractivity contribution is 5.78. The number of para-hydroxylation sites is 1. The molecule has 0 radical (unpaired) electrons. The number of rotatable bonds is 3. The van der Waals surface area contributed by atoms with Crippen LogP contribution >= 0.6 is 0 Å². The van der Waals surface area contributed by atoms with Gasteiger partial charge in [-0.3, -0.25) is 4.79 Å². The highest BCUT2D eigenvalue weighted by atomic mass is 16.5. The summed E-state index contributed by atoms with van der Waals surface area (Å²) in [6.07, 6.45) is 6.95. The molecule has 0 spiro atoms. The number of likely N-dealkylation sites (tertiary alicyclic amines) is 1. The van der Waals surface area contributed by atoms with Crippen LogP contribution in [-0.2, 0) is 11.2 Å². The van der Waals surface area contributed by atoms with Crippen LogP contribution in [0, 0.1) is 0 Å². The van der Waals surface area contributed by atoms with Crippen molar-refractivity contribution in [3.8, 4) is 5.75 Å². The molecule has 0 aliphatic carbocycles. The van der Waals surface area contributed by atoms with Gasteiger partial charge in [0.05, 0.1) is 5.69 Å². The van der Waals surface area contributed by atoms with Crippen LogP contribution in [0.5, 0.6) is 5.75 Å². The third-order valence-electron chi connectivity index (χ3n) is 4.35. The van der Waals surface area contributed by atoms with E-state index in [1.165, 1.54) is 18.4 Å². The van der Waals surface area contributed by atoms with Crippen molar-refractivity contribution < 1.29 is 9.53 Å². The van der Waals surface area contributed by atoms with Crippen molar-refractivity contribution in [2.45, 2.75) is 38.5 Å². The molecule has 2 aliphatic rings. The maximum absolute atomic E-state index is 12.3. The maximum Gasteiger partial charge on any atom is 0.260 e. The molecule has 1 saturated heterocycles. The van der Waals surface area contributed by atoms with Gasteiger partial charge in [-0.1, -0.05) is 25.0 Å². The van der Waals surface area contributed by atoms with Crippen LogP contribution in [0.2, 0.25) is 0 Å². The Bertz CT molecular complexity index is 494. The van der Waals surface area contributed by atoms with Gasteiger partial charge in [0.15, 0.2) is 6.61 Å². The third kappa shape index (κ3) is 3.49. The van der Waals surface area contributed by atoms with Crippen molar-refractivity contribution in [3.63, 3.8) is 0 Å². The summed E-state index contributed by atoms with van der Waals surface area (Å²) < 4.78 is 5.81. The molecule has 0 bridgehead atoms. The Morgan fingerprint density at radius 3 is 2.76 bits per heavy atom. The highest BCUT2D eigenvalue weighted by Crippen LogP contribution is 2.31. The number of benzene rings is 1. The molecule has 1 aromatic rings. The Morgan fingerprint density at radius 1 is 1.14 bits per heavy atom. The Kier molecular flexibility index (Phi) is 4.63. The number of carbonyl (C=O) groups excluding carboxylic acids is 1. The standard InChI is InChI=1S/C17H24N2O2/c20-16(19-11-3-1-2-4-12-19)13-21-15-9-5-7-14-8-6-10-18-17(14)15/h5,7,9,18H,1-4,6,8,10-13H2. The molecular formula is C17H24N2O2. The lowest BCUT2D eigenvalue weighted by Crippen LogP contribution is -2.35. The monoisotopic (exact) mass is 288 g/mol. The number of nitrogens with one attached hydrogen (secondary N) is 1. The Balaban J connectivity index is 1.61. The molecule has 1 amide bonds. The quantitative estimate of drug-likeness (QED) is 0.930. The molecule has 0 unspecified atom stereocenters. The zero-order chi connectivity index (χ0) is 14.5. The summed E-state index contributed by atoms with van der Waals surface area (Å²) in [6, 6.07) is 6.09. The van der Waals surface area contributed by atoms with Gasteiger partial charge in [0.1, 0.15) is 5.75 Å². The molecule has 4 nitrogen and oxygen atoms in total. The number of hydrogen-bond acceptors (Lipinski definition) is 3. The highest BCUT2D eigenvalue weighted by Gasteiger charge is 2.18. The first-order valence-electron chi connectivity index (χ1n) is 8.11. The van der Waals surface area contributed by atoms with Gasteiger partial charge in [-0.25, -0.2) is 0 Å². The zero-order valence-corrected chi connectivity index (χ0v) is 12.6. The predicted octanol–water partition coefficient (Wildman–Crippen LogP) is 2.83. The molecule has 2 heterocycles. The van der Waals surface area contributed by atoms with Crippen LogP contribution in [0.1, 0.15) is 37.7 Å². The molecule has 4 heteroatoms. The number of nitrogens with zero attached hydrogens (tertiary/aromatic N) is 1. The normalized spacial score (nSPS) is 18.4. The average Bonchev–Trinajstić information content (AvgIpc) is 2.82. The van der Waals surface area contributed by atoms with Gasteiger partial charge in [0, 0.05) is 19.6 Å². The van der Waals surface area contributed by atoms with E-state index in [1.54, 1.807) is 0 Å². The van der Waals surface area contributed by atoms with Crippen LogP contribution in [0.3, 0.4) is 0 Å². The molecule has 1 N–H and O–H groups in total. The first kappa shape index (κ1) is 14.2. The fraction of sp³-hybridized carbons (Fsp3) is 0.588. The van der Waals surface area contributed by atoms with E-state index in [1.807, 2.05) is 17.0 Å². The first-order valence-corrected chi connectivity index (χ1v) is 8.11. The Hall–Kier alpha value is -1.71. The molecule has 2 aliphatic heterocycles. The van der Waals surface area contributed by atoms with E-state index in [2.05, 4.69) is 11.4 Å². The van der Waals surface area contributed by atoms with Crippen molar-refractivity contribution in [3.05, 3.63) is 23.8 Å². The molecule has 0 aromatic heterocycles. The number of ether oxygens (including phenoxy) is 1. The number of anilines is 1. The molecule has 3 rings (SSSR count). The molecule has 0 atom stereocenters. The van der Waals surface area contributed by atoms with Gasteiger partial charge >= 0.3 is 0 Å². The first-order chi connectivity index (χ1) is 10.3. The fourth-order valence-corrected chi connectivity index (χ4v) is 3.15. The number of hydrogen-bond donors (Lipinski definition) is 1. The van der Waals surface area contributed by atoms with Crippen molar-refractivity contribution in [1.82, 2.24) is 4.90 Å². The average molecular weight is 288 g/mol. The van der Waals surface area contributed by atoms with E-state index in [0.717, 1.165) is 56.8 Å². The maximum atomic E-state index is 12.3. The second-order valence-electron chi connectivity index (χ2n) is 5.90. The fourth-order valence-electron chi connectivity index (χ4n) is 3.15. The lowest BCUT2D eigenvalue weighted by atomic mass is 10.0. The number of fused-ring (bicyclic) bond motifs is 1. The molecule has 1 aromatic carbocycles. The minimum Gasteiger partial charge on any atom is -0.482 e. The summed E-state index contributed by atoms with van der Waals surface area (Å²) in [6.45, 7) is 2.90. The van der Waals surface area contributed by atoms with Crippen LogP contribution in [-0.4, -0.2) is 37.0 Å². The molecule has 0 saturated carbocycles. The van der Waals surface area contributed by atoms with Gasteiger partial charge in [0.2, 0.25) is 0 Å². The van der Waals surface area contributed by atoms with E-state index >= 15 is 0 Å². The van der Waals surface area contributed by atoms with E-state index < -0.39 is 0 Å². The minimum atomic E-state index is 0.116. The number of aryl methyl sites for hydroxylation is 1. The second kappa shape index (κ2) is 6.83. The zero-order valence-electron chi connectivity index (χ0n) is 12.6. The van der Waals surface area contributed by atoms with Gasteiger partial charge in [-0.05, 0) is 37.3 Å². The summed E-state index contributed by atoms with van der Waals surface area (Å²) in [5.41, 5.74) is 2.37. The summed E-state index contributed by atoms with van der Waals surface area (Å²) in [4.78, 5) is 14.2. The topological polar surface area (TPSA) is 41.6 Å². The van der Waals surface area contributed by atoms with Crippen molar-refractivity contribution >= 4 is 11.6 Å². The second-order valence-corrected chi connectivity index (χ2v) is 5.90. The van der Waals surface area contributed by atoms with Crippen LogP contribution in [0.15, 0.2) is 18.2 Å². The molecule has 1 fully saturated rings. The van der Waals surface area contributed by atoms with Gasteiger partial charge in [-0.15, -0.1) is 0 Å². The Morgan fingerprint density at radius 2 is 1.95 bits per heavy atom. The summed E-state index contributed by atoms with van der Waals surface area (Å²) in [7, 11) is 0. The van der Waals surface area contributed by atoms with Crippen LogP contribution in [0.25, 0.3) is 0 Å². The summed E-state index contributed by atoms with van der Waals surface area (Å²) in [5.74, 6) is 0.931. The summed E-state index contributed by atoms with van der Waals surface area (Å²) in [5, 5.41) is 3.39. The predicted molar refractivity (Wildman–Crippen MR) is 83.8 cm³/mol. The van der Waals surface area contributed by atoms with Gasteiger partial charge in [0.25, 0.3) is 5.91 Å². The van der Waals surface area contributed by atoms with Gasteiger partial charge in [-0.2, -0.15) is 0 Å². The summed E-state index contributed by atoms with van der Waals surface area (Å²) >= 11 is 0. The van der Waals surface area contributed by atoms with E-state index in [9.17, 15) is 4.79 Å². The smallest absolute Gasteiger partial charge is 0.260 e. The number of amides is 1. The molecular weight excluding hydrogens is 264 g/mol. The molecule has 114 valence electrons. The third-order valence-corrected chi connectivity index (χ3v) is 4.35. The SMILES string of the molecule is O=C(COc1cccc2c1NCCC2)N1CCCCCC1. The number of carbonyl (C=O) groups is 1. The van der Waals surface area contributed by atoms with E-state index in [-0.39, 0.29) is 12.5 Å². The van der Waals surface area contributed by atoms with Gasteiger partial charge < -0.3 is 15.0 Å². The van der Waals surface area contributed by atoms with Crippen LogP contribution in [0.4, 0.5) is 5.69 Å². The van der Waals surface area contributed by atoms with E-state index in [0.29, 0.717) is 0 Å². The van der Waals surface area contributed by atoms with Crippen molar-refractivity contribution in [2.24, 2.45) is 0 Å². The largest absolute Gasteiger partial charge is 0.482 e. The lowest BCUT2D eigenvalue weighted by molar-refractivity contribution is -0.133. The molecule has 21 heavy (non-hydrogen) atoms. The van der Waals surface area contributed by atoms with E-state index in [4.69, 9.17) is 4.74 Å².